The molecule has 4 saturated heterocycles. The maximum atomic E-state index is 16.0. The Morgan fingerprint density at radius 1 is 0.490 bits per heavy atom. The Kier molecular flexibility index (Phi) is 44.6. The Morgan fingerprint density at radius 2 is 0.930 bits per heavy atom. The molecule has 51 heteroatoms. The summed E-state index contributed by atoms with van der Waals surface area (Å²) in [6.07, 6.45) is 6.01. The molecule has 3 aromatic heterocycles. The molecular weight excluding hydrogens is 1890 g/mol. The molecule has 9 rings (SSSR count). The standard InChI is InChI=1S/C92H135N31O18S2/c1-3-4-20-61(77(130)114-63(24-12-33-106-91(98)99)78(131)113-62(23-11-32-105-90(96)97)76(129)111-60(75(93)128)22-10-31-104-89(94)95)112-80(133)65(29-30-74(126)127)115-79(132)64(25-13-34-107-92(100)101)116-84(137)71-27-15-36-122(71)88(141)72-28-16-37-123(72)87(140)55-41-73(125)66(40-53-44-108-59-21-9-8-19-58(53)59)117-82(135)68(42-56-45-102-49-109-56)119-81(134)67(39-52-17-6-5-7-18-52)118-83(136)69(43-57-46-103-50-110-57)120-85(138)70-26-14-35-121(70)86(139)54(38-51(2)124)47-142-143-48-55/h5-9,17-19,21,44-46,49-50,54-55,60-72,108H,3-4,10-16,20,22-43,47-48H2,1-2H3,(H2,93,128)(H,102,109)(H,103,110)(H,111,129)(H,112,133)(H,113,131)(H,114,130)(H,115,132)(H,116,137)(H,117,135)(H,118,136)(H,119,134)(H,120,138)(H,126,127)(H4,94,95,104)(H4,96,97,105)(H4,98,99,106)(H4,100,101,107)/t54-,55-,60+,61-,62+,63+,64+,65-,66-,67+,68-,69-,70-,71-,72-/m0/s1. The first-order chi connectivity index (χ1) is 68.4. The number of nitrogens with zero attached hydrogens (tertiary/aromatic N) is 5. The van der Waals surface area contributed by atoms with Gasteiger partial charge in [-0.05, 0) is 127 Å². The largest absolute Gasteiger partial charge is 0.481 e. The van der Waals surface area contributed by atoms with E-state index in [1.807, 2.05) is 12.1 Å². The number of primary amides is 1. The van der Waals surface area contributed by atoms with Gasteiger partial charge in [-0.3, -0.25) is 98.3 Å². The summed E-state index contributed by atoms with van der Waals surface area (Å²) in [6, 6.07) is -2.76. The van der Waals surface area contributed by atoms with Crippen LogP contribution < -0.4 is 103 Å². The zero-order valence-electron chi connectivity index (χ0n) is 80.1. The van der Waals surface area contributed by atoms with Crippen LogP contribution in [0.3, 0.4) is 0 Å². The van der Waals surface area contributed by atoms with Crippen molar-refractivity contribution in [2.24, 2.45) is 40.5 Å². The zero-order valence-corrected chi connectivity index (χ0v) is 81.7. The fourth-order valence-corrected chi connectivity index (χ4v) is 20.2. The van der Waals surface area contributed by atoms with Gasteiger partial charge in [0.05, 0.1) is 41.9 Å². The molecule has 14 amide bonds. The van der Waals surface area contributed by atoms with E-state index in [0.717, 1.165) is 21.6 Å². The van der Waals surface area contributed by atoms with Crippen molar-refractivity contribution in [1.82, 2.24) is 114 Å². The number of nitrogens with one attached hydrogen (secondary N) is 21. The number of carbonyl (C=O) groups excluding carboxylic acids is 16. The molecule has 49 nitrogen and oxygen atoms in total. The van der Waals surface area contributed by atoms with Gasteiger partial charge in [0.25, 0.3) is 0 Å². The number of imidazole rings is 2. The molecule has 0 aliphatic carbocycles. The maximum absolute atomic E-state index is 16.0. The highest BCUT2D eigenvalue weighted by atomic mass is 33.1. The second kappa shape index (κ2) is 56.9. The van der Waals surface area contributed by atoms with E-state index in [1.165, 1.54) is 46.7 Å². The number of para-hydroxylation sites is 1. The van der Waals surface area contributed by atoms with E-state index in [1.54, 1.807) is 55.6 Å². The van der Waals surface area contributed by atoms with Crippen LogP contribution in [0, 0.1) is 33.5 Å². The first-order valence-corrected chi connectivity index (χ1v) is 50.5. The molecular formula is C92H135N31O18S2. The summed E-state index contributed by atoms with van der Waals surface area (Å²) in [5.74, 6) is -18.5. The van der Waals surface area contributed by atoms with Crippen LogP contribution in [0.15, 0.2) is 85.8 Å². The zero-order chi connectivity index (χ0) is 104. The number of H-pyrrole nitrogens is 3. The van der Waals surface area contributed by atoms with Crippen LogP contribution in [0.1, 0.15) is 171 Å². The molecule has 0 unspecified atom stereocenters. The van der Waals surface area contributed by atoms with Crippen molar-refractivity contribution in [3.8, 4) is 0 Å². The number of carboxylic acid groups (broad SMARTS) is 1. The third-order valence-electron chi connectivity index (χ3n) is 25.0. The number of Topliss-reactive ketones (excluding diaryl/α,β-unsaturated/α-hetero) is 2. The van der Waals surface area contributed by atoms with Gasteiger partial charge < -0.3 is 143 Å². The molecule has 32 N–H and O–H groups in total. The Morgan fingerprint density at radius 3 is 1.42 bits per heavy atom. The third kappa shape index (κ3) is 35.6. The summed E-state index contributed by atoms with van der Waals surface area (Å²) >= 11 is 0. The maximum Gasteiger partial charge on any atom is 0.303 e. The molecule has 0 spiro atoms. The number of aromatic nitrogens is 5. The molecule has 0 saturated carbocycles. The van der Waals surface area contributed by atoms with Crippen molar-refractivity contribution < 1.29 is 86.6 Å². The number of aliphatic carboxylic acids is 1. The molecule has 4 aliphatic rings. The summed E-state index contributed by atoms with van der Waals surface area (Å²) in [4.78, 5) is 272. The minimum Gasteiger partial charge on any atom is -0.481 e. The summed E-state index contributed by atoms with van der Waals surface area (Å²) in [5.41, 5.74) is 30.3. The lowest BCUT2D eigenvalue weighted by Crippen LogP contribution is -2.60. The number of benzene rings is 2. The topological polar surface area (TPSA) is 787 Å². The number of hydrogen-bond acceptors (Lipinski definition) is 25. The Hall–Kier alpha value is -14.4. The Balaban J connectivity index is 0.986. The smallest absolute Gasteiger partial charge is 0.303 e. The van der Waals surface area contributed by atoms with Crippen molar-refractivity contribution in [1.29, 1.82) is 21.6 Å². The number of unbranched alkanes of at least 4 members (excludes halogenated alkanes) is 1. The van der Waals surface area contributed by atoms with Crippen LogP contribution in [0.4, 0.5) is 0 Å². The molecule has 2 aromatic carbocycles. The summed E-state index contributed by atoms with van der Waals surface area (Å²) in [5, 5.41) is 79.0. The average Bonchev–Trinajstić information content (AvgIpc) is 1.66. The average molecular weight is 2030 g/mol. The van der Waals surface area contributed by atoms with Crippen LogP contribution in [-0.4, -0.2) is 305 Å². The Bertz CT molecular complexity index is 5270. The van der Waals surface area contributed by atoms with E-state index in [9.17, 15) is 48.3 Å². The SMILES string of the molecule is CCCC[C@H](NC(=O)[C@H](CCC(=O)O)NC(=O)[C@@H](CCCNC(=N)N)NC(=O)[C@@H]1CCCN1C(=O)[C@@H]1CCCN1C(=O)[C@@H]1CSSC[C@H](CC(C)=O)C(=O)N2CCC[C@H]2C(=O)N[C@@H](Cc2c[nH]cn2)C(=O)N[C@H](Cc2ccccc2)C(=O)N[C@@H](Cc2c[nH]cn2)C(=O)N[C@@H](Cc2c[nH]c3ccccc23)C(=O)C1)C(=O)N[C@H](CCCNC(=N)N)C(=O)N[C@H](CCCNC(=N)N)C(=O)N[C@H](CCCNC(=N)N)C(N)=O. The van der Waals surface area contributed by atoms with Gasteiger partial charge in [0.2, 0.25) is 82.7 Å². The van der Waals surface area contributed by atoms with Crippen LogP contribution in [0.2, 0.25) is 0 Å². The number of carbonyl (C=O) groups is 17. The number of hydrogen-bond donors (Lipinski definition) is 27. The Labute approximate surface area is 833 Å². The quantitative estimate of drug-likeness (QED) is 0.00792. The monoisotopic (exact) mass is 2030 g/mol. The highest BCUT2D eigenvalue weighted by Crippen LogP contribution is 2.35. The van der Waals surface area contributed by atoms with Crippen molar-refractivity contribution in [3.05, 3.63) is 108 Å². The van der Waals surface area contributed by atoms with Crippen LogP contribution in [0.25, 0.3) is 10.9 Å². The van der Waals surface area contributed by atoms with Crippen molar-refractivity contribution in [3.63, 3.8) is 0 Å². The van der Waals surface area contributed by atoms with E-state index >= 15 is 38.4 Å². The number of rotatable bonds is 47. The molecule has 4 aliphatic heterocycles. The number of ketones is 2. The van der Waals surface area contributed by atoms with E-state index < -0.39 is 222 Å². The molecule has 0 radical (unpaired) electrons. The second-order valence-corrected chi connectivity index (χ2v) is 38.5. The summed E-state index contributed by atoms with van der Waals surface area (Å²) in [6.45, 7) is 3.30. The van der Waals surface area contributed by atoms with Crippen molar-refractivity contribution in [2.45, 2.75) is 253 Å². The number of guanidine groups is 4. The molecule has 778 valence electrons. The molecule has 5 aromatic rings. The molecule has 0 bridgehead atoms. The number of fused-ring (bicyclic) bond motifs is 2. The van der Waals surface area contributed by atoms with Crippen LogP contribution in [-0.2, 0) is 107 Å². The lowest BCUT2D eigenvalue weighted by atomic mass is 9.93. The van der Waals surface area contributed by atoms with E-state index in [4.69, 9.17) is 50.3 Å². The number of amides is 14. The minimum absolute atomic E-state index is 0.00737. The van der Waals surface area contributed by atoms with Gasteiger partial charge in [-0.2, -0.15) is 0 Å². The van der Waals surface area contributed by atoms with Crippen LogP contribution in [0.5, 0.6) is 0 Å². The predicted octanol–water partition coefficient (Wildman–Crippen LogP) is -3.14. The van der Waals surface area contributed by atoms with Gasteiger partial charge in [0.15, 0.2) is 29.6 Å². The van der Waals surface area contributed by atoms with Gasteiger partial charge >= 0.3 is 5.97 Å². The van der Waals surface area contributed by atoms with Gasteiger partial charge in [0, 0.05) is 132 Å². The molecule has 7 heterocycles. The fraction of sp³-hybridized carbons (Fsp3) is 0.554. The fourth-order valence-electron chi connectivity index (χ4n) is 17.6. The lowest BCUT2D eigenvalue weighted by Gasteiger charge is -2.33. The number of nitrogens with two attached hydrogens (primary N) is 5. The first kappa shape index (κ1) is 112. The molecule has 4 fully saturated rings. The van der Waals surface area contributed by atoms with Gasteiger partial charge in [-0.15, -0.1) is 0 Å². The number of aromatic amines is 3. The highest BCUT2D eigenvalue weighted by Gasteiger charge is 2.47. The minimum atomic E-state index is -1.77. The van der Waals surface area contributed by atoms with E-state index in [0.29, 0.717) is 46.3 Å². The first-order valence-electron chi connectivity index (χ1n) is 48.0. The third-order valence-corrected chi connectivity index (χ3v) is 27.5. The van der Waals surface area contributed by atoms with Gasteiger partial charge in [-0.1, -0.05) is 89.9 Å². The van der Waals surface area contributed by atoms with Crippen molar-refractivity contribution in [2.75, 3.05) is 57.3 Å². The normalized spacial score (nSPS) is 20.7. The van der Waals surface area contributed by atoms with Gasteiger partial charge in [-0.25, -0.2) is 9.97 Å². The van der Waals surface area contributed by atoms with Gasteiger partial charge in [0.1, 0.15) is 78.3 Å². The number of carboxylic acids is 1. The highest BCUT2D eigenvalue weighted by molar-refractivity contribution is 8.76. The summed E-state index contributed by atoms with van der Waals surface area (Å²) < 4.78 is 0. The van der Waals surface area contributed by atoms with Crippen molar-refractivity contribution >= 4 is 157 Å². The molecule has 143 heavy (non-hydrogen) atoms. The van der Waals surface area contributed by atoms with E-state index in [-0.39, 0.29) is 197 Å². The van der Waals surface area contributed by atoms with Crippen LogP contribution >= 0.6 is 21.6 Å². The van der Waals surface area contributed by atoms with E-state index in [2.05, 4.69) is 99.4 Å². The number of likely N-dealkylation sites (tertiary alicyclic amines) is 2. The molecule has 15 atom stereocenters. The summed E-state index contributed by atoms with van der Waals surface area (Å²) in [7, 11) is 2.22. The lowest BCUT2D eigenvalue weighted by molar-refractivity contribution is -0.148. The second-order valence-electron chi connectivity index (χ2n) is 35.9. The predicted molar refractivity (Wildman–Crippen MR) is 529 cm³/mol.